The summed E-state index contributed by atoms with van der Waals surface area (Å²) >= 11 is 0. The van der Waals surface area contributed by atoms with Gasteiger partial charge in [-0.15, -0.1) is 0 Å². The Labute approximate surface area is 220 Å². The molecule has 0 aromatic rings. The summed E-state index contributed by atoms with van der Waals surface area (Å²) in [6.45, 7) is 2.13. The standard InChI is InChI=1S/C22H39N3O13/c26-17-25-18(13-19(27)23-1-3-33-5-7-35-9-11-37-15-21(29)30)14-20(28)24-2-4-34-6-8-36-10-12-38-16-22(31)32/h17-18H,1-16H2,(H,23,27)(H,24,28)(H,25,26)(H,29,30)(H,31,32). The number of carboxylic acid groups (broad SMARTS) is 2. The van der Waals surface area contributed by atoms with E-state index in [1.165, 1.54) is 0 Å². The van der Waals surface area contributed by atoms with Gasteiger partial charge in [-0.25, -0.2) is 9.59 Å². The van der Waals surface area contributed by atoms with E-state index >= 15 is 0 Å². The molecule has 0 saturated carbocycles. The van der Waals surface area contributed by atoms with Crippen molar-refractivity contribution < 1.29 is 62.6 Å². The Morgan fingerprint density at radius 1 is 0.579 bits per heavy atom. The van der Waals surface area contributed by atoms with Gasteiger partial charge in [0.15, 0.2) is 0 Å². The molecule has 0 rings (SSSR count). The van der Waals surface area contributed by atoms with Crippen LogP contribution in [-0.4, -0.2) is 139 Å². The number of carboxylic acids is 2. The second kappa shape index (κ2) is 25.7. The molecule has 0 bridgehead atoms. The fraction of sp³-hybridized carbons (Fsp3) is 0.773. The third-order valence-electron chi connectivity index (χ3n) is 4.24. The molecule has 0 aromatic carbocycles. The zero-order valence-electron chi connectivity index (χ0n) is 21.4. The highest BCUT2D eigenvalue weighted by molar-refractivity contribution is 5.80. The minimum absolute atomic E-state index is 0.0877. The van der Waals surface area contributed by atoms with Crippen LogP contribution in [0.5, 0.6) is 0 Å². The predicted octanol–water partition coefficient (Wildman–Crippen LogP) is -2.62. The normalized spacial score (nSPS) is 10.8. The molecular formula is C22H39N3O13. The van der Waals surface area contributed by atoms with Gasteiger partial charge in [-0.2, -0.15) is 0 Å². The summed E-state index contributed by atoms with van der Waals surface area (Å²) in [7, 11) is 0. The van der Waals surface area contributed by atoms with Gasteiger partial charge in [0.25, 0.3) is 0 Å². The number of nitrogens with one attached hydrogen (secondary N) is 3. The van der Waals surface area contributed by atoms with Crippen molar-refractivity contribution in [3.05, 3.63) is 0 Å². The lowest BCUT2D eigenvalue weighted by Crippen LogP contribution is -2.40. The first kappa shape index (κ1) is 35.1. The first-order chi connectivity index (χ1) is 18.3. The van der Waals surface area contributed by atoms with E-state index in [1.807, 2.05) is 0 Å². The Bertz CT molecular complexity index is 616. The summed E-state index contributed by atoms with van der Waals surface area (Å²) < 4.78 is 30.6. The first-order valence-electron chi connectivity index (χ1n) is 12.0. The van der Waals surface area contributed by atoms with E-state index in [9.17, 15) is 24.0 Å². The van der Waals surface area contributed by atoms with Crippen LogP contribution < -0.4 is 16.0 Å². The molecule has 3 amide bonds. The molecule has 0 aliphatic carbocycles. The molecule has 38 heavy (non-hydrogen) atoms. The van der Waals surface area contributed by atoms with Gasteiger partial charge in [-0.1, -0.05) is 0 Å². The fourth-order valence-electron chi connectivity index (χ4n) is 2.60. The summed E-state index contributed by atoms with van der Waals surface area (Å²) in [5, 5.41) is 24.5. The highest BCUT2D eigenvalue weighted by atomic mass is 16.6. The number of carbonyl (C=O) groups is 5. The minimum atomic E-state index is -1.05. The molecule has 5 N–H and O–H groups in total. The van der Waals surface area contributed by atoms with E-state index in [4.69, 9.17) is 38.6 Å². The summed E-state index contributed by atoms with van der Waals surface area (Å²) in [5.74, 6) is -2.81. The van der Waals surface area contributed by atoms with Gasteiger partial charge in [0, 0.05) is 32.0 Å². The number of hydrogen-bond acceptors (Lipinski definition) is 11. The van der Waals surface area contributed by atoms with Crippen LogP contribution in [0.2, 0.25) is 0 Å². The number of rotatable bonds is 28. The van der Waals surface area contributed by atoms with Gasteiger partial charge >= 0.3 is 11.9 Å². The van der Waals surface area contributed by atoms with Crippen LogP contribution in [0.4, 0.5) is 0 Å². The van der Waals surface area contributed by atoms with Crippen molar-refractivity contribution in [1.82, 2.24) is 16.0 Å². The van der Waals surface area contributed by atoms with Crippen LogP contribution >= 0.6 is 0 Å². The van der Waals surface area contributed by atoms with Gasteiger partial charge in [0.2, 0.25) is 18.2 Å². The lowest BCUT2D eigenvalue weighted by molar-refractivity contribution is -0.143. The van der Waals surface area contributed by atoms with Crippen LogP contribution in [0, 0.1) is 0 Å². The molecule has 16 nitrogen and oxygen atoms in total. The maximum Gasteiger partial charge on any atom is 0.329 e. The van der Waals surface area contributed by atoms with E-state index in [2.05, 4.69) is 16.0 Å². The van der Waals surface area contributed by atoms with Gasteiger partial charge in [-0.05, 0) is 0 Å². The van der Waals surface area contributed by atoms with Crippen LogP contribution in [0.3, 0.4) is 0 Å². The van der Waals surface area contributed by atoms with Crippen molar-refractivity contribution in [2.45, 2.75) is 18.9 Å². The molecular weight excluding hydrogens is 514 g/mol. The topological polar surface area (TPSA) is 217 Å². The summed E-state index contributed by atoms with van der Waals surface area (Å²) in [6, 6.07) is -0.678. The zero-order chi connectivity index (χ0) is 28.3. The molecule has 16 heteroatoms. The van der Waals surface area contributed by atoms with E-state index in [-0.39, 0.29) is 117 Å². The maximum atomic E-state index is 12.1. The number of hydrogen-bond donors (Lipinski definition) is 5. The molecule has 0 atom stereocenters. The van der Waals surface area contributed by atoms with Crippen LogP contribution in [0.1, 0.15) is 12.8 Å². The lowest BCUT2D eigenvalue weighted by atomic mass is 10.1. The maximum absolute atomic E-state index is 12.1. The van der Waals surface area contributed by atoms with E-state index in [0.717, 1.165) is 0 Å². The van der Waals surface area contributed by atoms with Crippen molar-refractivity contribution in [2.75, 3.05) is 92.4 Å². The number of carbonyl (C=O) groups excluding carboxylic acids is 3. The second-order valence-electron chi connectivity index (χ2n) is 7.43. The van der Waals surface area contributed by atoms with E-state index in [0.29, 0.717) is 6.41 Å². The smallest absolute Gasteiger partial charge is 0.329 e. The molecule has 0 aromatic heterocycles. The van der Waals surface area contributed by atoms with Crippen molar-refractivity contribution in [1.29, 1.82) is 0 Å². The SMILES string of the molecule is O=CNC(CC(=O)NCCOCCOCCOCC(=O)O)CC(=O)NCCOCCOCCOCC(=O)O. The third-order valence-corrected chi connectivity index (χ3v) is 4.24. The molecule has 0 unspecified atom stereocenters. The van der Waals surface area contributed by atoms with Gasteiger partial charge in [-0.3, -0.25) is 14.4 Å². The highest BCUT2D eigenvalue weighted by Gasteiger charge is 2.16. The second-order valence-corrected chi connectivity index (χ2v) is 7.43. The zero-order valence-corrected chi connectivity index (χ0v) is 21.4. The largest absolute Gasteiger partial charge is 0.480 e. The minimum Gasteiger partial charge on any atom is -0.480 e. The monoisotopic (exact) mass is 553 g/mol. The Morgan fingerprint density at radius 2 is 0.921 bits per heavy atom. The molecule has 0 fully saturated rings. The Morgan fingerprint density at radius 3 is 1.26 bits per heavy atom. The summed E-state index contributed by atoms with van der Waals surface area (Å²) in [5.41, 5.74) is 0. The Balaban J connectivity index is 3.73. The van der Waals surface area contributed by atoms with Gasteiger partial charge < -0.3 is 54.6 Å². The molecule has 220 valence electrons. The Kier molecular flexibility index (Phi) is 23.8. The van der Waals surface area contributed by atoms with Crippen molar-refractivity contribution in [2.24, 2.45) is 0 Å². The molecule has 0 spiro atoms. The first-order valence-corrected chi connectivity index (χ1v) is 12.0. The van der Waals surface area contributed by atoms with Crippen LogP contribution in [-0.2, 0) is 52.4 Å². The van der Waals surface area contributed by atoms with E-state index < -0.39 is 18.0 Å². The van der Waals surface area contributed by atoms with Gasteiger partial charge in [0.05, 0.1) is 66.1 Å². The average Bonchev–Trinajstić information content (AvgIpc) is 2.85. The fourth-order valence-corrected chi connectivity index (χ4v) is 2.60. The van der Waals surface area contributed by atoms with Gasteiger partial charge in [0.1, 0.15) is 13.2 Å². The van der Waals surface area contributed by atoms with Crippen LogP contribution in [0.25, 0.3) is 0 Å². The third kappa shape index (κ3) is 26.2. The molecule has 0 heterocycles. The Hall–Kier alpha value is -2.89. The molecule has 0 saturated heterocycles. The molecule has 0 radical (unpaired) electrons. The average molecular weight is 554 g/mol. The number of amides is 3. The quantitative estimate of drug-likeness (QED) is 0.0496. The summed E-state index contributed by atoms with van der Waals surface area (Å²) in [4.78, 5) is 55.5. The van der Waals surface area contributed by atoms with Crippen molar-refractivity contribution in [3.8, 4) is 0 Å². The van der Waals surface area contributed by atoms with Crippen molar-refractivity contribution >= 4 is 30.2 Å². The van der Waals surface area contributed by atoms with Crippen molar-refractivity contribution in [3.63, 3.8) is 0 Å². The molecule has 0 aliphatic heterocycles. The summed E-state index contributed by atoms with van der Waals surface area (Å²) in [6.07, 6.45) is 0.252. The molecule has 0 aliphatic rings. The number of ether oxygens (including phenoxy) is 6. The van der Waals surface area contributed by atoms with Crippen LogP contribution in [0.15, 0.2) is 0 Å². The van der Waals surface area contributed by atoms with E-state index in [1.54, 1.807) is 0 Å². The predicted molar refractivity (Wildman–Crippen MR) is 128 cm³/mol. The number of aliphatic carboxylic acids is 2. The lowest BCUT2D eigenvalue weighted by Gasteiger charge is -2.16. The highest BCUT2D eigenvalue weighted by Crippen LogP contribution is 1.98.